The highest BCUT2D eigenvalue weighted by atomic mass is 16.4. The Morgan fingerprint density at radius 2 is 2.19 bits per heavy atom. The van der Waals surface area contributed by atoms with E-state index < -0.39 is 5.97 Å². The summed E-state index contributed by atoms with van der Waals surface area (Å²) in [6.45, 7) is 2.50. The van der Waals surface area contributed by atoms with Crippen LogP contribution < -0.4 is 5.56 Å². The number of aromatic nitrogens is 1. The van der Waals surface area contributed by atoms with Gasteiger partial charge in [0, 0.05) is 12.2 Å². The van der Waals surface area contributed by atoms with E-state index in [2.05, 4.69) is 0 Å². The molecule has 4 heteroatoms. The van der Waals surface area contributed by atoms with Crippen molar-refractivity contribution in [1.29, 1.82) is 0 Å². The normalized spacial score (nSPS) is 15.8. The second-order valence-corrected chi connectivity index (χ2v) is 4.41. The molecule has 0 radical (unpaired) electrons. The van der Waals surface area contributed by atoms with Gasteiger partial charge >= 0.3 is 5.97 Å². The van der Waals surface area contributed by atoms with E-state index in [1.807, 2.05) is 6.92 Å². The fourth-order valence-corrected chi connectivity index (χ4v) is 1.99. The third-order valence-corrected chi connectivity index (χ3v) is 3.29. The Balaban J connectivity index is 2.37. The summed E-state index contributed by atoms with van der Waals surface area (Å²) in [4.78, 5) is 22.7. The first-order valence-electron chi connectivity index (χ1n) is 5.53. The topological polar surface area (TPSA) is 59.3 Å². The van der Waals surface area contributed by atoms with Crippen molar-refractivity contribution < 1.29 is 9.90 Å². The Morgan fingerprint density at radius 1 is 1.50 bits per heavy atom. The van der Waals surface area contributed by atoms with Crippen LogP contribution in [0.25, 0.3) is 0 Å². The average molecular weight is 221 g/mol. The van der Waals surface area contributed by atoms with E-state index in [4.69, 9.17) is 5.11 Å². The Hall–Kier alpha value is -1.58. The summed E-state index contributed by atoms with van der Waals surface area (Å²) >= 11 is 0. The number of carbonyl (C=O) groups is 1. The Bertz CT molecular complexity index is 472. The van der Waals surface area contributed by atoms with Crippen molar-refractivity contribution >= 4 is 5.97 Å². The lowest BCUT2D eigenvalue weighted by Crippen LogP contribution is -2.31. The van der Waals surface area contributed by atoms with Crippen LogP contribution in [0, 0.1) is 12.8 Å². The minimum absolute atomic E-state index is 0.134. The minimum Gasteiger partial charge on any atom is -0.477 e. The van der Waals surface area contributed by atoms with E-state index >= 15 is 0 Å². The molecule has 0 aromatic carbocycles. The third-order valence-electron chi connectivity index (χ3n) is 3.29. The Kier molecular flexibility index (Phi) is 2.81. The molecule has 1 aromatic heterocycles. The molecular weight excluding hydrogens is 206 g/mol. The first-order valence-corrected chi connectivity index (χ1v) is 5.53. The van der Waals surface area contributed by atoms with Crippen molar-refractivity contribution in [3.8, 4) is 0 Å². The number of rotatable bonds is 3. The number of aryl methyl sites for hydroxylation is 1. The van der Waals surface area contributed by atoms with Gasteiger partial charge in [-0.15, -0.1) is 0 Å². The van der Waals surface area contributed by atoms with Gasteiger partial charge in [-0.1, -0.05) is 6.42 Å². The first-order chi connectivity index (χ1) is 7.59. The zero-order valence-corrected chi connectivity index (χ0v) is 9.27. The standard InChI is InChI=1S/C12H15NO3/c1-8-5-6-10(12(15)16)11(14)13(8)7-9-3-2-4-9/h5-6,9H,2-4,7H2,1H3,(H,15,16). The van der Waals surface area contributed by atoms with Crippen LogP contribution in [-0.2, 0) is 6.54 Å². The van der Waals surface area contributed by atoms with E-state index in [0.29, 0.717) is 12.5 Å². The molecular formula is C12H15NO3. The molecule has 0 atom stereocenters. The summed E-state index contributed by atoms with van der Waals surface area (Å²) in [5.41, 5.74) is 0.325. The Labute approximate surface area is 93.5 Å². The molecule has 1 aromatic rings. The number of nitrogens with zero attached hydrogens (tertiary/aromatic N) is 1. The molecule has 86 valence electrons. The van der Waals surface area contributed by atoms with Crippen molar-refractivity contribution in [2.24, 2.45) is 5.92 Å². The van der Waals surface area contributed by atoms with Gasteiger partial charge in [0.15, 0.2) is 0 Å². The van der Waals surface area contributed by atoms with Crippen molar-refractivity contribution in [2.45, 2.75) is 32.7 Å². The number of pyridine rings is 1. The number of hydrogen-bond acceptors (Lipinski definition) is 2. The van der Waals surface area contributed by atoms with Crippen LogP contribution in [0.4, 0.5) is 0 Å². The number of carboxylic acids is 1. The van der Waals surface area contributed by atoms with Crippen LogP contribution >= 0.6 is 0 Å². The largest absolute Gasteiger partial charge is 0.477 e. The van der Waals surface area contributed by atoms with E-state index in [9.17, 15) is 9.59 Å². The molecule has 0 unspecified atom stereocenters. The molecule has 1 heterocycles. The van der Waals surface area contributed by atoms with Crippen molar-refractivity contribution in [3.63, 3.8) is 0 Å². The van der Waals surface area contributed by atoms with Crippen molar-refractivity contribution in [3.05, 3.63) is 33.7 Å². The van der Waals surface area contributed by atoms with Crippen LogP contribution in [0.2, 0.25) is 0 Å². The SMILES string of the molecule is Cc1ccc(C(=O)O)c(=O)n1CC1CCC1. The minimum atomic E-state index is -1.15. The summed E-state index contributed by atoms with van der Waals surface area (Å²) in [6, 6.07) is 3.08. The van der Waals surface area contributed by atoms with Crippen molar-refractivity contribution in [2.75, 3.05) is 0 Å². The molecule has 0 aliphatic heterocycles. The fraction of sp³-hybridized carbons (Fsp3) is 0.500. The number of hydrogen-bond donors (Lipinski definition) is 1. The molecule has 0 amide bonds. The van der Waals surface area contributed by atoms with Crippen LogP contribution in [0.1, 0.15) is 35.3 Å². The molecule has 0 saturated heterocycles. The highest BCUT2D eigenvalue weighted by Crippen LogP contribution is 2.27. The second-order valence-electron chi connectivity index (χ2n) is 4.41. The van der Waals surface area contributed by atoms with Gasteiger partial charge in [0.2, 0.25) is 0 Å². The van der Waals surface area contributed by atoms with Crippen LogP contribution in [0.3, 0.4) is 0 Å². The van der Waals surface area contributed by atoms with Gasteiger partial charge in [-0.2, -0.15) is 0 Å². The van der Waals surface area contributed by atoms with E-state index in [1.165, 1.54) is 12.5 Å². The summed E-state index contributed by atoms with van der Waals surface area (Å²) in [5, 5.41) is 8.87. The monoisotopic (exact) mass is 221 g/mol. The zero-order valence-electron chi connectivity index (χ0n) is 9.27. The molecule has 2 rings (SSSR count). The molecule has 1 aliphatic carbocycles. The van der Waals surface area contributed by atoms with E-state index in [1.54, 1.807) is 10.6 Å². The van der Waals surface area contributed by atoms with Gasteiger partial charge in [-0.05, 0) is 37.8 Å². The predicted octanol–water partition coefficient (Wildman–Crippen LogP) is 1.66. The molecule has 0 bridgehead atoms. The molecule has 4 nitrogen and oxygen atoms in total. The highest BCUT2D eigenvalue weighted by molar-refractivity contribution is 5.87. The van der Waals surface area contributed by atoms with Gasteiger partial charge in [0.1, 0.15) is 5.56 Å². The molecule has 0 spiro atoms. The lowest BCUT2D eigenvalue weighted by atomic mass is 9.85. The van der Waals surface area contributed by atoms with Crippen LogP contribution in [0.15, 0.2) is 16.9 Å². The predicted molar refractivity (Wildman–Crippen MR) is 59.7 cm³/mol. The quantitative estimate of drug-likeness (QED) is 0.844. The van der Waals surface area contributed by atoms with Gasteiger partial charge in [0.25, 0.3) is 5.56 Å². The fourth-order valence-electron chi connectivity index (χ4n) is 1.99. The lowest BCUT2D eigenvalue weighted by molar-refractivity contribution is 0.0694. The molecule has 1 aliphatic rings. The van der Waals surface area contributed by atoms with Crippen LogP contribution in [0.5, 0.6) is 0 Å². The summed E-state index contributed by atoms with van der Waals surface area (Å²) in [5.74, 6) is -0.604. The maximum atomic E-state index is 11.9. The molecule has 1 N–H and O–H groups in total. The molecule has 1 fully saturated rings. The van der Waals surface area contributed by atoms with Gasteiger partial charge in [-0.25, -0.2) is 4.79 Å². The smallest absolute Gasteiger partial charge is 0.341 e. The molecule has 1 saturated carbocycles. The van der Waals surface area contributed by atoms with Crippen molar-refractivity contribution in [1.82, 2.24) is 4.57 Å². The number of aromatic carboxylic acids is 1. The number of carboxylic acid groups (broad SMARTS) is 1. The lowest BCUT2D eigenvalue weighted by Gasteiger charge is -2.26. The Morgan fingerprint density at radius 3 is 2.69 bits per heavy atom. The highest BCUT2D eigenvalue weighted by Gasteiger charge is 2.20. The third kappa shape index (κ3) is 1.87. The molecule has 16 heavy (non-hydrogen) atoms. The first kappa shape index (κ1) is 10.9. The maximum Gasteiger partial charge on any atom is 0.341 e. The maximum absolute atomic E-state index is 11.9. The summed E-state index contributed by atoms with van der Waals surface area (Å²) < 4.78 is 1.59. The van der Waals surface area contributed by atoms with E-state index in [-0.39, 0.29) is 11.1 Å². The summed E-state index contributed by atoms with van der Waals surface area (Å²) in [7, 11) is 0. The van der Waals surface area contributed by atoms with Gasteiger partial charge in [-0.3, -0.25) is 4.79 Å². The zero-order chi connectivity index (χ0) is 11.7. The van der Waals surface area contributed by atoms with Crippen LogP contribution in [-0.4, -0.2) is 15.6 Å². The average Bonchev–Trinajstić information content (AvgIpc) is 2.14. The summed E-state index contributed by atoms with van der Waals surface area (Å²) in [6.07, 6.45) is 3.50. The van der Waals surface area contributed by atoms with E-state index in [0.717, 1.165) is 18.5 Å². The van der Waals surface area contributed by atoms with Gasteiger partial charge < -0.3 is 9.67 Å². The van der Waals surface area contributed by atoms with Gasteiger partial charge in [0.05, 0.1) is 0 Å². The second kappa shape index (κ2) is 4.12.